The zero-order valence-electron chi connectivity index (χ0n) is 18.3. The molecule has 0 fully saturated rings. The number of hydrogen-bond acceptors (Lipinski definition) is 8. The van der Waals surface area contributed by atoms with Gasteiger partial charge in [-0.05, 0) is 42.7 Å². The van der Waals surface area contributed by atoms with Gasteiger partial charge in [-0.15, -0.1) is 0 Å². The van der Waals surface area contributed by atoms with Gasteiger partial charge in [-0.3, -0.25) is 4.79 Å². The predicted octanol–water partition coefficient (Wildman–Crippen LogP) is 3.99. The first-order chi connectivity index (χ1) is 16.4. The number of ether oxygens (including phenoxy) is 1. The molecule has 34 heavy (non-hydrogen) atoms. The van der Waals surface area contributed by atoms with Crippen molar-refractivity contribution in [2.75, 3.05) is 12.8 Å². The fourth-order valence-electron chi connectivity index (χ4n) is 3.76. The number of hydrogen-bond donors (Lipinski definition) is 2. The van der Waals surface area contributed by atoms with E-state index in [9.17, 15) is 15.2 Å². The highest BCUT2D eigenvalue weighted by Gasteiger charge is 2.20. The van der Waals surface area contributed by atoms with E-state index < -0.39 is 6.10 Å². The summed E-state index contributed by atoms with van der Waals surface area (Å²) in [4.78, 5) is 21.3. The van der Waals surface area contributed by atoms with Crippen molar-refractivity contribution in [2.45, 2.75) is 25.4 Å². The van der Waals surface area contributed by atoms with Crippen LogP contribution in [-0.4, -0.2) is 37.6 Å². The number of carbonyl (C=O) groups is 1. The number of aliphatic hydroxyl groups excluding tert-OH is 1. The second kappa shape index (κ2) is 9.87. The summed E-state index contributed by atoms with van der Waals surface area (Å²) in [5.74, 6) is 0.221. The van der Waals surface area contributed by atoms with Crippen LogP contribution in [0.15, 0.2) is 48.9 Å². The van der Waals surface area contributed by atoms with Gasteiger partial charge in [0.2, 0.25) is 5.88 Å². The maximum atomic E-state index is 13.0. The zero-order chi connectivity index (χ0) is 24.2. The average Bonchev–Trinajstić information content (AvgIpc) is 3.24. The molecule has 1 atom stereocenters. The summed E-state index contributed by atoms with van der Waals surface area (Å²) in [6, 6.07) is 12.3. The van der Waals surface area contributed by atoms with Crippen molar-refractivity contribution in [2.24, 2.45) is 0 Å². The molecule has 0 aliphatic heterocycles. The Morgan fingerprint density at radius 1 is 1.29 bits per heavy atom. The van der Waals surface area contributed by atoms with Gasteiger partial charge in [0, 0.05) is 23.2 Å². The minimum Gasteiger partial charge on any atom is -0.480 e. The molecule has 3 heterocycles. The largest absolute Gasteiger partial charge is 0.480 e. The zero-order valence-corrected chi connectivity index (χ0v) is 19.0. The quantitative estimate of drug-likeness (QED) is 0.364. The lowest BCUT2D eigenvalue weighted by Crippen LogP contribution is -2.07. The number of aliphatic hydroxyl groups is 1. The van der Waals surface area contributed by atoms with E-state index in [1.54, 1.807) is 36.4 Å². The van der Waals surface area contributed by atoms with Gasteiger partial charge in [-0.1, -0.05) is 23.7 Å². The molecular weight excluding hydrogens is 456 g/mol. The summed E-state index contributed by atoms with van der Waals surface area (Å²) < 4.78 is 6.80. The fourth-order valence-corrected chi connectivity index (χ4v) is 3.88. The summed E-state index contributed by atoms with van der Waals surface area (Å²) in [5, 5.41) is 24.8. The van der Waals surface area contributed by atoms with Crippen molar-refractivity contribution in [1.82, 2.24) is 19.6 Å². The van der Waals surface area contributed by atoms with Gasteiger partial charge in [0.05, 0.1) is 30.0 Å². The van der Waals surface area contributed by atoms with E-state index in [4.69, 9.17) is 22.1 Å². The Morgan fingerprint density at radius 3 is 2.76 bits per heavy atom. The van der Waals surface area contributed by atoms with Crippen LogP contribution in [0.2, 0.25) is 5.02 Å². The maximum absolute atomic E-state index is 13.0. The van der Waals surface area contributed by atoms with Crippen LogP contribution < -0.4 is 10.5 Å². The summed E-state index contributed by atoms with van der Waals surface area (Å²) in [7, 11) is 1.43. The number of nitrogens with zero attached hydrogens (tertiary/aromatic N) is 5. The molecule has 4 aromatic rings. The minimum atomic E-state index is -0.702. The number of methoxy groups -OCH3 is 1. The highest BCUT2D eigenvalue weighted by molar-refractivity contribution is 6.30. The van der Waals surface area contributed by atoms with E-state index in [0.29, 0.717) is 40.2 Å². The van der Waals surface area contributed by atoms with Gasteiger partial charge < -0.3 is 15.6 Å². The second-order valence-electron chi connectivity index (χ2n) is 7.62. The number of benzene rings is 1. The molecule has 4 rings (SSSR count). The molecule has 0 amide bonds. The van der Waals surface area contributed by atoms with Gasteiger partial charge in [0.15, 0.2) is 11.6 Å². The van der Waals surface area contributed by atoms with Crippen molar-refractivity contribution in [1.29, 1.82) is 5.26 Å². The number of carbonyl (C=O) groups excluding carboxylic acids is 1. The van der Waals surface area contributed by atoms with Crippen LogP contribution in [0.4, 0.5) is 5.82 Å². The summed E-state index contributed by atoms with van der Waals surface area (Å²) >= 11 is 5.89. The molecule has 0 aliphatic rings. The van der Waals surface area contributed by atoms with Crippen LogP contribution >= 0.6 is 11.6 Å². The number of pyridine rings is 1. The number of halogens is 1. The molecule has 0 saturated carbocycles. The first-order valence-corrected chi connectivity index (χ1v) is 10.8. The smallest absolute Gasteiger partial charge is 0.224 e. The highest BCUT2D eigenvalue weighted by atomic mass is 35.5. The van der Waals surface area contributed by atoms with Gasteiger partial charge in [0.25, 0.3) is 0 Å². The third kappa shape index (κ3) is 4.55. The van der Waals surface area contributed by atoms with Gasteiger partial charge in [-0.2, -0.15) is 10.4 Å². The third-order valence-corrected chi connectivity index (χ3v) is 5.73. The third-order valence-electron chi connectivity index (χ3n) is 5.48. The molecule has 0 saturated heterocycles. The normalized spacial score (nSPS) is 11.8. The molecule has 10 heteroatoms. The number of aromatic nitrogens is 4. The number of nitrogens with two attached hydrogens (primary N) is 1. The number of rotatable bonds is 8. The first kappa shape index (κ1) is 23.2. The van der Waals surface area contributed by atoms with Crippen LogP contribution in [0, 0.1) is 11.3 Å². The van der Waals surface area contributed by atoms with Crippen LogP contribution in [0.5, 0.6) is 5.88 Å². The molecule has 0 aliphatic carbocycles. The number of Topliss-reactive ketones (excluding diaryl/α,β-unsaturated/α-hetero) is 1. The lowest BCUT2D eigenvalue weighted by molar-refractivity contribution is 0.0965. The standard InChI is InChI=1S/C24H21ClN6O3/c1-34-24-18(21(33)4-2-3-20(32)14-5-7-17(25)8-6-14)9-16(12-28-24)22-15(11-26)10-19-23(27)29-13-30-31(19)22/h5-10,12-13,20,32H,2-4H2,1H3,(H2,27,29,30)/t20-/m1/s1. The van der Waals surface area contributed by atoms with E-state index in [1.807, 2.05) is 0 Å². The van der Waals surface area contributed by atoms with E-state index >= 15 is 0 Å². The van der Waals surface area contributed by atoms with E-state index in [2.05, 4.69) is 21.1 Å². The lowest BCUT2D eigenvalue weighted by atomic mass is 9.99. The van der Waals surface area contributed by atoms with Crippen molar-refractivity contribution in [3.8, 4) is 23.2 Å². The van der Waals surface area contributed by atoms with E-state index in [-0.39, 0.29) is 29.5 Å². The number of nitrogen functional groups attached to an aromatic ring is 1. The minimum absolute atomic E-state index is 0.181. The molecule has 1 aromatic carbocycles. The molecule has 0 spiro atoms. The molecule has 0 bridgehead atoms. The van der Waals surface area contributed by atoms with Crippen molar-refractivity contribution < 1.29 is 14.6 Å². The average molecular weight is 477 g/mol. The van der Waals surface area contributed by atoms with Crippen LogP contribution in [-0.2, 0) is 0 Å². The Morgan fingerprint density at radius 2 is 2.06 bits per heavy atom. The van der Waals surface area contributed by atoms with Gasteiger partial charge in [-0.25, -0.2) is 14.5 Å². The molecule has 0 unspecified atom stereocenters. The van der Waals surface area contributed by atoms with Crippen LogP contribution in [0.25, 0.3) is 16.8 Å². The fraction of sp³-hybridized carbons (Fsp3) is 0.208. The number of ketones is 1. The Bertz CT molecular complexity index is 1390. The summed E-state index contributed by atoms with van der Waals surface area (Å²) in [6.45, 7) is 0. The van der Waals surface area contributed by atoms with Crippen molar-refractivity contribution in [3.63, 3.8) is 0 Å². The first-order valence-electron chi connectivity index (χ1n) is 10.5. The Hall–Kier alpha value is -4.00. The Kier molecular flexibility index (Phi) is 6.72. The topological polar surface area (TPSA) is 139 Å². The van der Waals surface area contributed by atoms with Gasteiger partial charge >= 0.3 is 0 Å². The highest BCUT2D eigenvalue weighted by Crippen LogP contribution is 2.31. The van der Waals surface area contributed by atoms with E-state index in [1.165, 1.54) is 24.1 Å². The van der Waals surface area contributed by atoms with Crippen LogP contribution in [0.3, 0.4) is 0 Å². The molecule has 0 radical (unpaired) electrons. The molecule has 3 aromatic heterocycles. The van der Waals surface area contributed by atoms with Crippen molar-refractivity contribution in [3.05, 3.63) is 70.6 Å². The maximum Gasteiger partial charge on any atom is 0.224 e. The number of fused-ring (bicyclic) bond motifs is 1. The molecule has 172 valence electrons. The number of nitriles is 1. The summed E-state index contributed by atoms with van der Waals surface area (Å²) in [5.41, 5.74) is 8.71. The Labute approximate surface area is 200 Å². The van der Waals surface area contributed by atoms with Crippen LogP contribution in [0.1, 0.15) is 46.9 Å². The molecular formula is C24H21ClN6O3. The number of anilines is 1. The Balaban J connectivity index is 1.58. The van der Waals surface area contributed by atoms with Gasteiger partial charge in [0.1, 0.15) is 17.9 Å². The molecule has 3 N–H and O–H groups in total. The monoisotopic (exact) mass is 476 g/mol. The molecule has 9 nitrogen and oxygen atoms in total. The van der Waals surface area contributed by atoms with Crippen molar-refractivity contribution >= 4 is 28.7 Å². The second-order valence-corrected chi connectivity index (χ2v) is 8.06. The lowest BCUT2D eigenvalue weighted by Gasteiger charge is -2.12. The SMILES string of the molecule is COc1ncc(-c2c(C#N)cc3c(N)ncnn23)cc1C(=O)CCC[C@@H](O)c1ccc(Cl)cc1. The summed E-state index contributed by atoms with van der Waals surface area (Å²) in [6.07, 6.45) is 3.15. The predicted molar refractivity (Wildman–Crippen MR) is 126 cm³/mol. The van der Waals surface area contributed by atoms with E-state index in [0.717, 1.165) is 5.56 Å².